The highest BCUT2D eigenvalue weighted by Gasteiger charge is 2.28. The molecule has 1 atom stereocenters. The number of benzene rings is 2. The zero-order valence-electron chi connectivity index (χ0n) is 19.6. The van der Waals surface area contributed by atoms with E-state index >= 15 is 0 Å². The van der Waals surface area contributed by atoms with E-state index in [0.29, 0.717) is 13.0 Å². The van der Waals surface area contributed by atoms with E-state index in [-0.39, 0.29) is 41.5 Å². The first-order valence-corrected chi connectivity index (χ1v) is 13.1. The van der Waals surface area contributed by atoms with Crippen molar-refractivity contribution in [3.63, 3.8) is 0 Å². The molecule has 34 heavy (non-hydrogen) atoms. The lowest BCUT2D eigenvalue weighted by molar-refractivity contribution is -0.140. The Morgan fingerprint density at radius 1 is 1.06 bits per heavy atom. The van der Waals surface area contributed by atoms with Crippen molar-refractivity contribution in [3.05, 3.63) is 65.5 Å². The summed E-state index contributed by atoms with van der Waals surface area (Å²) in [5, 5.41) is 2.82. The van der Waals surface area contributed by atoms with Crippen molar-refractivity contribution < 1.29 is 22.4 Å². The summed E-state index contributed by atoms with van der Waals surface area (Å²) in [7, 11) is -3.52. The summed E-state index contributed by atoms with van der Waals surface area (Å²) in [5.74, 6) is -0.821. The summed E-state index contributed by atoms with van der Waals surface area (Å²) in [6.07, 6.45) is 3.06. The summed E-state index contributed by atoms with van der Waals surface area (Å²) in [6, 6.07) is 11.7. The van der Waals surface area contributed by atoms with Crippen LogP contribution in [0.5, 0.6) is 0 Å². The SMILES string of the molecule is CCCNC(=O)[C@H](C)N(Cc1ccc(F)cc1)C(=O)CCc1ccc(S(=O)(=O)NC2CC2)cc1. The molecule has 0 heterocycles. The number of halogens is 1. The molecule has 1 fully saturated rings. The lowest BCUT2D eigenvalue weighted by atomic mass is 10.1. The van der Waals surface area contributed by atoms with Crippen LogP contribution in [0.15, 0.2) is 53.4 Å². The van der Waals surface area contributed by atoms with Gasteiger partial charge in [0.05, 0.1) is 4.90 Å². The van der Waals surface area contributed by atoms with Crippen molar-refractivity contribution in [1.29, 1.82) is 0 Å². The van der Waals surface area contributed by atoms with Crippen LogP contribution in [0.4, 0.5) is 4.39 Å². The minimum atomic E-state index is -3.52. The number of nitrogens with one attached hydrogen (secondary N) is 2. The Morgan fingerprint density at radius 3 is 2.26 bits per heavy atom. The Kier molecular flexibility index (Phi) is 8.79. The molecule has 1 saturated carbocycles. The van der Waals surface area contributed by atoms with Gasteiger partial charge in [0, 0.05) is 25.6 Å². The van der Waals surface area contributed by atoms with Gasteiger partial charge in [-0.1, -0.05) is 31.2 Å². The number of carbonyl (C=O) groups is 2. The van der Waals surface area contributed by atoms with Crippen LogP contribution >= 0.6 is 0 Å². The van der Waals surface area contributed by atoms with Gasteiger partial charge >= 0.3 is 0 Å². The molecule has 0 aliphatic heterocycles. The summed E-state index contributed by atoms with van der Waals surface area (Å²) in [6.45, 7) is 4.33. The zero-order chi connectivity index (χ0) is 24.7. The molecule has 9 heteroatoms. The fraction of sp³-hybridized carbons (Fsp3) is 0.440. The van der Waals surface area contributed by atoms with E-state index in [1.165, 1.54) is 17.0 Å². The third-order valence-corrected chi connectivity index (χ3v) is 7.28. The van der Waals surface area contributed by atoms with Gasteiger partial charge in [-0.05, 0) is 68.0 Å². The number of nitrogens with zero attached hydrogens (tertiary/aromatic N) is 1. The smallest absolute Gasteiger partial charge is 0.242 e. The molecular formula is C25H32FN3O4S. The predicted octanol–water partition coefficient (Wildman–Crippen LogP) is 3.14. The van der Waals surface area contributed by atoms with Crippen molar-refractivity contribution >= 4 is 21.8 Å². The second-order valence-corrected chi connectivity index (χ2v) is 10.4. The molecule has 1 aliphatic carbocycles. The first kappa shape index (κ1) is 25.8. The molecule has 7 nitrogen and oxygen atoms in total. The van der Waals surface area contributed by atoms with E-state index in [1.54, 1.807) is 43.3 Å². The molecule has 2 amide bonds. The van der Waals surface area contributed by atoms with Gasteiger partial charge in [0.15, 0.2) is 0 Å². The van der Waals surface area contributed by atoms with Crippen molar-refractivity contribution in [3.8, 4) is 0 Å². The van der Waals surface area contributed by atoms with Crippen LogP contribution < -0.4 is 10.0 Å². The fourth-order valence-corrected chi connectivity index (χ4v) is 4.79. The molecule has 184 valence electrons. The van der Waals surface area contributed by atoms with Gasteiger partial charge in [0.2, 0.25) is 21.8 Å². The van der Waals surface area contributed by atoms with Gasteiger partial charge in [0.25, 0.3) is 0 Å². The lowest BCUT2D eigenvalue weighted by Crippen LogP contribution is -2.47. The minimum Gasteiger partial charge on any atom is -0.354 e. The number of aryl methyl sites for hydroxylation is 1. The van der Waals surface area contributed by atoms with Crippen LogP contribution in [0.2, 0.25) is 0 Å². The molecule has 0 unspecified atom stereocenters. The molecule has 0 radical (unpaired) electrons. The van der Waals surface area contributed by atoms with E-state index in [4.69, 9.17) is 0 Å². The molecule has 2 aromatic carbocycles. The van der Waals surface area contributed by atoms with Gasteiger partial charge < -0.3 is 10.2 Å². The molecule has 3 rings (SSSR count). The molecule has 0 bridgehead atoms. The lowest BCUT2D eigenvalue weighted by Gasteiger charge is -2.29. The Balaban J connectivity index is 1.66. The molecule has 1 aliphatic rings. The van der Waals surface area contributed by atoms with Gasteiger partial charge in [-0.25, -0.2) is 17.5 Å². The summed E-state index contributed by atoms with van der Waals surface area (Å²) in [5.41, 5.74) is 1.55. The van der Waals surface area contributed by atoms with Crippen LogP contribution in [-0.4, -0.2) is 43.8 Å². The van der Waals surface area contributed by atoms with Crippen molar-refractivity contribution in [1.82, 2.24) is 14.9 Å². The molecule has 2 N–H and O–H groups in total. The molecule has 0 spiro atoms. The van der Waals surface area contributed by atoms with E-state index in [0.717, 1.165) is 30.4 Å². The Morgan fingerprint density at radius 2 is 1.68 bits per heavy atom. The number of hydrogen-bond acceptors (Lipinski definition) is 4. The fourth-order valence-electron chi connectivity index (χ4n) is 3.48. The average Bonchev–Trinajstić information content (AvgIpc) is 3.63. The van der Waals surface area contributed by atoms with Crippen LogP contribution in [0, 0.1) is 5.82 Å². The number of hydrogen-bond donors (Lipinski definition) is 2. The van der Waals surface area contributed by atoms with Gasteiger partial charge in [-0.15, -0.1) is 0 Å². The normalized spacial score (nSPS) is 14.4. The first-order valence-electron chi connectivity index (χ1n) is 11.6. The molecular weight excluding hydrogens is 457 g/mol. The number of rotatable bonds is 12. The maximum atomic E-state index is 13.3. The Bertz CT molecular complexity index is 1080. The predicted molar refractivity (Wildman–Crippen MR) is 128 cm³/mol. The minimum absolute atomic E-state index is 0.0332. The topological polar surface area (TPSA) is 95.6 Å². The van der Waals surface area contributed by atoms with Crippen LogP contribution in [0.25, 0.3) is 0 Å². The highest BCUT2D eigenvalue weighted by molar-refractivity contribution is 7.89. The summed E-state index contributed by atoms with van der Waals surface area (Å²) in [4.78, 5) is 27.4. The Hall–Kier alpha value is -2.78. The van der Waals surface area contributed by atoms with Crippen molar-refractivity contribution in [2.75, 3.05) is 6.54 Å². The monoisotopic (exact) mass is 489 g/mol. The summed E-state index contributed by atoms with van der Waals surface area (Å²) < 4.78 is 40.6. The molecule has 0 aromatic heterocycles. The van der Waals surface area contributed by atoms with Crippen molar-refractivity contribution in [2.45, 2.75) is 69.5 Å². The van der Waals surface area contributed by atoms with E-state index in [2.05, 4.69) is 10.0 Å². The standard InChI is InChI=1S/C25H32FN3O4S/c1-3-16-27-25(31)18(2)29(17-20-4-9-21(26)10-5-20)24(30)15-8-19-6-13-23(14-7-19)34(32,33)28-22-11-12-22/h4-7,9-10,13-14,18,22,28H,3,8,11-12,15-17H2,1-2H3,(H,27,31)/t18-/m0/s1. The quantitative estimate of drug-likeness (QED) is 0.479. The Labute approximate surface area is 200 Å². The maximum Gasteiger partial charge on any atom is 0.242 e. The second-order valence-electron chi connectivity index (χ2n) is 8.65. The highest BCUT2D eigenvalue weighted by atomic mass is 32.2. The van der Waals surface area contributed by atoms with Crippen molar-refractivity contribution in [2.24, 2.45) is 0 Å². The van der Waals surface area contributed by atoms with Crippen LogP contribution in [-0.2, 0) is 32.6 Å². The van der Waals surface area contributed by atoms with E-state index in [1.807, 2.05) is 6.92 Å². The van der Waals surface area contributed by atoms with E-state index < -0.39 is 16.1 Å². The van der Waals surface area contributed by atoms with Gasteiger partial charge in [-0.2, -0.15) is 0 Å². The third kappa shape index (κ3) is 7.36. The summed E-state index contributed by atoms with van der Waals surface area (Å²) >= 11 is 0. The number of sulfonamides is 1. The second kappa shape index (κ2) is 11.6. The molecule has 2 aromatic rings. The maximum absolute atomic E-state index is 13.3. The highest BCUT2D eigenvalue weighted by Crippen LogP contribution is 2.22. The molecule has 0 saturated heterocycles. The van der Waals surface area contributed by atoms with Gasteiger partial charge in [0.1, 0.15) is 11.9 Å². The number of carbonyl (C=O) groups excluding carboxylic acids is 2. The average molecular weight is 490 g/mol. The third-order valence-electron chi connectivity index (χ3n) is 5.74. The van der Waals surface area contributed by atoms with Gasteiger partial charge in [-0.3, -0.25) is 9.59 Å². The van der Waals surface area contributed by atoms with Crippen LogP contribution in [0.1, 0.15) is 50.7 Å². The van der Waals surface area contributed by atoms with Crippen LogP contribution in [0.3, 0.4) is 0 Å². The van der Waals surface area contributed by atoms with E-state index in [9.17, 15) is 22.4 Å². The zero-order valence-corrected chi connectivity index (χ0v) is 20.4. The number of amides is 2. The first-order chi connectivity index (χ1) is 16.2. The largest absolute Gasteiger partial charge is 0.354 e.